The fraction of sp³-hybridized carbons (Fsp3) is 0.214. The molecule has 0 aliphatic rings. The molecule has 1 unspecified atom stereocenters. The van der Waals surface area contributed by atoms with E-state index in [1.165, 1.54) is 0 Å². The summed E-state index contributed by atoms with van der Waals surface area (Å²) < 4.78 is 5.24. The van der Waals surface area contributed by atoms with Gasteiger partial charge in [0.25, 0.3) is 0 Å². The quantitative estimate of drug-likeness (QED) is 0.840. The third-order valence-electron chi connectivity index (χ3n) is 2.45. The predicted octanol–water partition coefficient (Wildman–Crippen LogP) is 3.10. The van der Waals surface area contributed by atoms with Gasteiger partial charge in [0.2, 0.25) is 5.91 Å². The highest BCUT2D eigenvalue weighted by Gasteiger charge is 2.07. The number of nitrogens with one attached hydrogen (secondary N) is 1. The van der Waals surface area contributed by atoms with Gasteiger partial charge >= 0.3 is 0 Å². The first-order chi connectivity index (χ1) is 8.74. The summed E-state index contributed by atoms with van der Waals surface area (Å²) >= 11 is 1.61. The molecule has 0 aliphatic carbocycles. The first kappa shape index (κ1) is 12.6. The number of carbonyl (C=O) groups is 1. The Morgan fingerprint density at radius 3 is 3.11 bits per heavy atom. The van der Waals surface area contributed by atoms with E-state index in [0.717, 1.165) is 11.3 Å². The predicted molar refractivity (Wildman–Crippen MR) is 73.4 cm³/mol. The Labute approximate surface area is 110 Å². The SMILES string of the molecule is CC(Cc1ccco1)NC(=O)/C=C/c1ccsc1. The molecule has 0 saturated carbocycles. The van der Waals surface area contributed by atoms with Crippen molar-refractivity contribution in [2.45, 2.75) is 19.4 Å². The van der Waals surface area contributed by atoms with Crippen LogP contribution in [0.15, 0.2) is 45.7 Å². The molecule has 3 nitrogen and oxygen atoms in total. The van der Waals surface area contributed by atoms with E-state index in [9.17, 15) is 4.79 Å². The van der Waals surface area contributed by atoms with Crippen LogP contribution in [0, 0.1) is 0 Å². The van der Waals surface area contributed by atoms with Crippen LogP contribution in [-0.2, 0) is 11.2 Å². The van der Waals surface area contributed by atoms with Crippen molar-refractivity contribution in [3.05, 3.63) is 52.6 Å². The summed E-state index contributed by atoms with van der Waals surface area (Å²) in [7, 11) is 0. The van der Waals surface area contributed by atoms with Gasteiger partial charge in [0.1, 0.15) is 5.76 Å². The Balaban J connectivity index is 1.80. The summed E-state index contributed by atoms with van der Waals surface area (Å²) in [6.07, 6.45) is 5.71. The highest BCUT2D eigenvalue weighted by Crippen LogP contribution is 2.07. The van der Waals surface area contributed by atoms with E-state index >= 15 is 0 Å². The van der Waals surface area contributed by atoms with Crippen molar-refractivity contribution in [2.24, 2.45) is 0 Å². The van der Waals surface area contributed by atoms with Crippen molar-refractivity contribution in [3.8, 4) is 0 Å². The molecule has 2 heterocycles. The van der Waals surface area contributed by atoms with Crippen molar-refractivity contribution in [1.82, 2.24) is 5.32 Å². The van der Waals surface area contributed by atoms with E-state index in [2.05, 4.69) is 5.32 Å². The molecule has 0 aromatic carbocycles. The minimum Gasteiger partial charge on any atom is -0.469 e. The van der Waals surface area contributed by atoms with Crippen molar-refractivity contribution in [2.75, 3.05) is 0 Å². The molecule has 2 rings (SSSR count). The summed E-state index contributed by atoms with van der Waals surface area (Å²) in [5, 5.41) is 6.88. The summed E-state index contributed by atoms with van der Waals surface area (Å²) in [5.41, 5.74) is 1.05. The molecule has 4 heteroatoms. The summed E-state index contributed by atoms with van der Waals surface area (Å²) in [6, 6.07) is 5.78. The third kappa shape index (κ3) is 3.89. The summed E-state index contributed by atoms with van der Waals surface area (Å²) in [4.78, 5) is 11.7. The second-order valence-corrected chi connectivity index (χ2v) is 4.86. The molecule has 0 fully saturated rings. The number of amides is 1. The molecule has 0 aliphatic heterocycles. The Kier molecular flexibility index (Phi) is 4.36. The minimum absolute atomic E-state index is 0.0516. The van der Waals surface area contributed by atoms with Gasteiger partial charge in [-0.1, -0.05) is 0 Å². The molecule has 1 amide bonds. The van der Waals surface area contributed by atoms with Crippen LogP contribution in [-0.4, -0.2) is 11.9 Å². The van der Waals surface area contributed by atoms with Crippen LogP contribution >= 0.6 is 11.3 Å². The van der Waals surface area contributed by atoms with Gasteiger partial charge < -0.3 is 9.73 Å². The molecule has 0 spiro atoms. The number of thiophene rings is 1. The molecular weight excluding hydrogens is 246 g/mol. The number of hydrogen-bond acceptors (Lipinski definition) is 3. The average molecular weight is 261 g/mol. The smallest absolute Gasteiger partial charge is 0.244 e. The van der Waals surface area contributed by atoms with Crippen molar-refractivity contribution in [1.29, 1.82) is 0 Å². The van der Waals surface area contributed by atoms with Crippen LogP contribution in [0.1, 0.15) is 18.2 Å². The van der Waals surface area contributed by atoms with Gasteiger partial charge in [-0.2, -0.15) is 11.3 Å². The van der Waals surface area contributed by atoms with E-state index < -0.39 is 0 Å². The molecular formula is C14H15NO2S. The number of furan rings is 1. The first-order valence-corrected chi connectivity index (χ1v) is 6.71. The number of rotatable bonds is 5. The molecule has 94 valence electrons. The second-order valence-electron chi connectivity index (χ2n) is 4.08. The van der Waals surface area contributed by atoms with Gasteiger partial charge in [0.05, 0.1) is 6.26 Å². The first-order valence-electron chi connectivity index (χ1n) is 5.77. The van der Waals surface area contributed by atoms with Gasteiger partial charge in [-0.3, -0.25) is 4.79 Å². The Bertz CT molecular complexity index is 500. The lowest BCUT2D eigenvalue weighted by molar-refractivity contribution is -0.117. The lowest BCUT2D eigenvalue weighted by atomic mass is 10.2. The maximum absolute atomic E-state index is 11.7. The van der Waals surface area contributed by atoms with E-state index in [0.29, 0.717) is 6.42 Å². The van der Waals surface area contributed by atoms with Crippen LogP contribution < -0.4 is 5.32 Å². The molecule has 2 aromatic heterocycles. The zero-order valence-electron chi connectivity index (χ0n) is 10.1. The average Bonchev–Trinajstić information content (AvgIpc) is 2.98. The Morgan fingerprint density at radius 1 is 1.56 bits per heavy atom. The van der Waals surface area contributed by atoms with Gasteiger partial charge in [0, 0.05) is 18.5 Å². The van der Waals surface area contributed by atoms with E-state index in [-0.39, 0.29) is 11.9 Å². The molecule has 0 saturated heterocycles. The van der Waals surface area contributed by atoms with Crippen LogP contribution in [0.5, 0.6) is 0 Å². The minimum atomic E-state index is -0.0831. The van der Waals surface area contributed by atoms with Crippen LogP contribution in [0.25, 0.3) is 6.08 Å². The van der Waals surface area contributed by atoms with Crippen LogP contribution in [0.4, 0.5) is 0 Å². The normalized spacial score (nSPS) is 12.7. The lowest BCUT2D eigenvalue weighted by Gasteiger charge is -2.10. The lowest BCUT2D eigenvalue weighted by Crippen LogP contribution is -2.32. The Hall–Kier alpha value is -1.81. The van der Waals surface area contributed by atoms with Crippen molar-refractivity contribution in [3.63, 3.8) is 0 Å². The largest absolute Gasteiger partial charge is 0.469 e. The Morgan fingerprint density at radius 2 is 2.44 bits per heavy atom. The monoisotopic (exact) mass is 261 g/mol. The van der Waals surface area contributed by atoms with Gasteiger partial charge in [-0.15, -0.1) is 0 Å². The van der Waals surface area contributed by atoms with Crippen LogP contribution in [0.2, 0.25) is 0 Å². The molecule has 1 atom stereocenters. The van der Waals surface area contributed by atoms with E-state index in [1.54, 1.807) is 23.7 Å². The zero-order valence-corrected chi connectivity index (χ0v) is 10.9. The zero-order chi connectivity index (χ0) is 12.8. The van der Waals surface area contributed by atoms with E-state index in [4.69, 9.17) is 4.42 Å². The van der Waals surface area contributed by atoms with Gasteiger partial charge in [-0.05, 0) is 47.5 Å². The topological polar surface area (TPSA) is 42.2 Å². The standard InChI is InChI=1S/C14H15NO2S/c1-11(9-13-3-2-7-17-13)15-14(16)5-4-12-6-8-18-10-12/h2-8,10-11H,9H2,1H3,(H,15,16)/b5-4+. The van der Waals surface area contributed by atoms with Crippen LogP contribution in [0.3, 0.4) is 0 Å². The maximum Gasteiger partial charge on any atom is 0.244 e. The van der Waals surface area contributed by atoms with E-state index in [1.807, 2.05) is 42.0 Å². The summed E-state index contributed by atoms with van der Waals surface area (Å²) in [5.74, 6) is 0.796. The summed E-state index contributed by atoms with van der Waals surface area (Å²) in [6.45, 7) is 1.96. The number of hydrogen-bond donors (Lipinski definition) is 1. The molecule has 0 bridgehead atoms. The van der Waals surface area contributed by atoms with Gasteiger partial charge in [-0.25, -0.2) is 0 Å². The maximum atomic E-state index is 11.7. The second kappa shape index (κ2) is 6.21. The van der Waals surface area contributed by atoms with Crippen molar-refractivity contribution >= 4 is 23.3 Å². The molecule has 1 N–H and O–H groups in total. The number of carbonyl (C=O) groups excluding carboxylic acids is 1. The fourth-order valence-corrected chi connectivity index (χ4v) is 2.24. The van der Waals surface area contributed by atoms with Crippen molar-refractivity contribution < 1.29 is 9.21 Å². The third-order valence-corrected chi connectivity index (χ3v) is 3.15. The van der Waals surface area contributed by atoms with Gasteiger partial charge in [0.15, 0.2) is 0 Å². The molecule has 0 radical (unpaired) electrons. The highest BCUT2D eigenvalue weighted by atomic mass is 32.1. The molecule has 18 heavy (non-hydrogen) atoms. The fourth-order valence-electron chi connectivity index (χ4n) is 1.61. The molecule has 2 aromatic rings. The highest BCUT2D eigenvalue weighted by molar-refractivity contribution is 7.08.